The Morgan fingerprint density at radius 1 is 1.14 bits per heavy atom. The van der Waals surface area contributed by atoms with Gasteiger partial charge in [-0.1, -0.05) is 37.5 Å². The summed E-state index contributed by atoms with van der Waals surface area (Å²) in [5.74, 6) is 1.14. The molecule has 0 N–H and O–H groups in total. The third-order valence-corrected chi connectivity index (χ3v) is 8.15. The Hall–Kier alpha value is -3.40. The van der Waals surface area contributed by atoms with Crippen LogP contribution in [0.3, 0.4) is 0 Å². The number of pyridine rings is 1. The molecule has 7 heteroatoms. The molecule has 1 aliphatic carbocycles. The van der Waals surface area contributed by atoms with Gasteiger partial charge >= 0.3 is 0 Å². The van der Waals surface area contributed by atoms with Crippen LogP contribution in [-0.2, 0) is 17.8 Å². The Morgan fingerprint density at radius 3 is 2.77 bits per heavy atom. The molecule has 3 aromatic rings. The number of hydrogen-bond acceptors (Lipinski definition) is 5. The second-order valence-electron chi connectivity index (χ2n) is 10.3. The summed E-state index contributed by atoms with van der Waals surface area (Å²) in [6, 6.07) is 11.4. The number of benzene rings is 1. The molecule has 1 unspecified atom stereocenters. The minimum atomic E-state index is 0.0818. The fourth-order valence-electron chi connectivity index (χ4n) is 6.17. The molecule has 6 rings (SSSR count). The molecule has 1 aromatic carbocycles. The molecule has 1 saturated carbocycles. The number of nitriles is 1. The number of hydrogen-bond donors (Lipinski definition) is 0. The maximum Gasteiger partial charge on any atom is 0.219 e. The van der Waals surface area contributed by atoms with Crippen molar-refractivity contribution in [3.8, 4) is 17.3 Å². The van der Waals surface area contributed by atoms with Crippen LogP contribution < -0.4 is 4.90 Å². The van der Waals surface area contributed by atoms with E-state index in [0.29, 0.717) is 12.6 Å². The summed E-state index contributed by atoms with van der Waals surface area (Å²) in [5, 5.41) is 16.8. The number of aromatic nitrogens is 3. The Bertz CT molecular complexity index is 1310. The lowest BCUT2D eigenvalue weighted by molar-refractivity contribution is -0.129. The average molecular weight is 469 g/mol. The second-order valence-corrected chi connectivity index (χ2v) is 10.3. The van der Waals surface area contributed by atoms with Gasteiger partial charge in [-0.25, -0.2) is 4.98 Å². The summed E-state index contributed by atoms with van der Waals surface area (Å²) < 4.78 is 2.31. The number of fused-ring (bicyclic) bond motifs is 2. The van der Waals surface area contributed by atoms with Gasteiger partial charge < -0.3 is 9.80 Å². The van der Waals surface area contributed by atoms with Crippen molar-refractivity contribution in [3.63, 3.8) is 0 Å². The van der Waals surface area contributed by atoms with Crippen LogP contribution in [0.1, 0.15) is 62.7 Å². The summed E-state index contributed by atoms with van der Waals surface area (Å²) in [5.41, 5.74) is 4.60. The minimum Gasteiger partial charge on any atom is -0.355 e. The topological polar surface area (TPSA) is 78.1 Å². The van der Waals surface area contributed by atoms with E-state index < -0.39 is 0 Å². The van der Waals surface area contributed by atoms with Crippen LogP contribution in [0.4, 0.5) is 5.82 Å². The van der Waals surface area contributed by atoms with Crippen molar-refractivity contribution < 1.29 is 4.79 Å². The van der Waals surface area contributed by atoms with Crippen LogP contribution >= 0.6 is 0 Å². The number of rotatable bonds is 3. The van der Waals surface area contributed by atoms with Crippen molar-refractivity contribution in [3.05, 3.63) is 41.7 Å². The molecule has 0 radical (unpaired) electrons. The van der Waals surface area contributed by atoms with Crippen LogP contribution in [0.5, 0.6) is 0 Å². The van der Waals surface area contributed by atoms with Gasteiger partial charge in [0.2, 0.25) is 5.91 Å². The molecule has 35 heavy (non-hydrogen) atoms. The van der Waals surface area contributed by atoms with Gasteiger partial charge in [-0.05, 0) is 30.7 Å². The molecule has 0 spiro atoms. The molecule has 1 amide bonds. The first-order chi connectivity index (χ1) is 17.1. The van der Waals surface area contributed by atoms with Crippen molar-refractivity contribution in [1.29, 1.82) is 5.26 Å². The highest BCUT2D eigenvalue weighted by Gasteiger charge is 2.30. The number of carbonyl (C=O) groups excluding carboxylic acids is 1. The smallest absolute Gasteiger partial charge is 0.219 e. The van der Waals surface area contributed by atoms with Crippen molar-refractivity contribution in [2.75, 3.05) is 24.5 Å². The van der Waals surface area contributed by atoms with Gasteiger partial charge in [-0.2, -0.15) is 10.4 Å². The molecule has 3 aliphatic rings. The maximum absolute atomic E-state index is 12.2. The molecule has 180 valence electrons. The third kappa shape index (κ3) is 3.95. The van der Waals surface area contributed by atoms with Gasteiger partial charge in [0, 0.05) is 67.9 Å². The summed E-state index contributed by atoms with van der Waals surface area (Å²) in [7, 11) is 0. The van der Waals surface area contributed by atoms with E-state index in [1.165, 1.54) is 43.4 Å². The van der Waals surface area contributed by atoms with Gasteiger partial charge in [-0.3, -0.25) is 9.48 Å². The fourth-order valence-corrected chi connectivity index (χ4v) is 6.17. The molecule has 4 heterocycles. The number of nitrogens with zero attached hydrogens (tertiary/aromatic N) is 6. The Balaban J connectivity index is 1.43. The minimum absolute atomic E-state index is 0.0818. The zero-order valence-electron chi connectivity index (χ0n) is 20.4. The van der Waals surface area contributed by atoms with Crippen LogP contribution in [0.15, 0.2) is 30.5 Å². The first-order valence-corrected chi connectivity index (χ1v) is 13.0. The number of anilines is 1. The Morgan fingerprint density at radius 2 is 2.00 bits per heavy atom. The normalized spacial score (nSPS) is 20.7. The van der Waals surface area contributed by atoms with E-state index in [4.69, 9.17) is 10.1 Å². The first kappa shape index (κ1) is 22.1. The highest BCUT2D eigenvalue weighted by molar-refractivity contribution is 5.97. The Kier molecular flexibility index (Phi) is 5.68. The summed E-state index contributed by atoms with van der Waals surface area (Å²) in [6.07, 6.45) is 9.94. The molecule has 0 bridgehead atoms. The van der Waals surface area contributed by atoms with Gasteiger partial charge in [0.05, 0.1) is 23.7 Å². The molecule has 1 atom stereocenters. The molecule has 2 aromatic heterocycles. The second kappa shape index (κ2) is 8.99. The third-order valence-electron chi connectivity index (χ3n) is 8.15. The van der Waals surface area contributed by atoms with Crippen LogP contribution in [-0.4, -0.2) is 45.2 Å². The average Bonchev–Trinajstić information content (AvgIpc) is 3.53. The van der Waals surface area contributed by atoms with E-state index in [9.17, 15) is 10.1 Å². The monoisotopic (exact) mass is 468 g/mol. The lowest BCUT2D eigenvalue weighted by Crippen LogP contribution is -2.35. The van der Waals surface area contributed by atoms with Crippen molar-refractivity contribution >= 4 is 22.5 Å². The van der Waals surface area contributed by atoms with E-state index in [1.807, 2.05) is 11.1 Å². The van der Waals surface area contributed by atoms with Gasteiger partial charge in [-0.15, -0.1) is 0 Å². The van der Waals surface area contributed by atoms with Gasteiger partial charge in [0.1, 0.15) is 5.82 Å². The first-order valence-electron chi connectivity index (χ1n) is 13.0. The van der Waals surface area contributed by atoms with E-state index in [-0.39, 0.29) is 11.8 Å². The van der Waals surface area contributed by atoms with E-state index >= 15 is 0 Å². The van der Waals surface area contributed by atoms with E-state index in [0.717, 1.165) is 60.3 Å². The number of carbonyl (C=O) groups is 1. The van der Waals surface area contributed by atoms with Gasteiger partial charge in [0.25, 0.3) is 0 Å². The van der Waals surface area contributed by atoms with Crippen molar-refractivity contribution in [2.24, 2.45) is 5.92 Å². The van der Waals surface area contributed by atoms with E-state index in [1.54, 1.807) is 6.92 Å². The van der Waals surface area contributed by atoms with Crippen LogP contribution in [0, 0.1) is 17.2 Å². The van der Waals surface area contributed by atoms with Crippen LogP contribution in [0.2, 0.25) is 0 Å². The molecule has 7 nitrogen and oxygen atoms in total. The summed E-state index contributed by atoms with van der Waals surface area (Å²) >= 11 is 0. The van der Waals surface area contributed by atoms with Crippen LogP contribution in [0.25, 0.3) is 22.0 Å². The van der Waals surface area contributed by atoms with Gasteiger partial charge in [0.15, 0.2) is 0 Å². The maximum atomic E-state index is 12.2. The number of amides is 1. The summed E-state index contributed by atoms with van der Waals surface area (Å²) in [4.78, 5) is 21.2. The summed E-state index contributed by atoms with van der Waals surface area (Å²) in [6.45, 7) is 4.67. The molecule has 2 aliphatic heterocycles. The lowest BCUT2D eigenvalue weighted by Gasteiger charge is -2.29. The standard InChI is InChI=1S/C28H32N6O/c1-19(35)32-13-11-26-25(18-32)28(31-34(26)22-7-3-2-4-8-22)23-9-5-6-21-14-27(30-16-24(21)23)33-12-10-20(15-29)17-33/h5-6,9,14,16,20,22H,2-4,7-8,10-13,17-18H2,1H3. The predicted molar refractivity (Wildman–Crippen MR) is 136 cm³/mol. The zero-order chi connectivity index (χ0) is 23.9. The van der Waals surface area contributed by atoms with Crippen molar-refractivity contribution in [2.45, 2.75) is 64.5 Å². The highest BCUT2D eigenvalue weighted by atomic mass is 16.2. The van der Waals surface area contributed by atoms with E-state index in [2.05, 4.69) is 39.9 Å². The fraction of sp³-hybridized carbons (Fsp3) is 0.500. The zero-order valence-corrected chi connectivity index (χ0v) is 20.4. The molecule has 2 fully saturated rings. The highest BCUT2D eigenvalue weighted by Crippen LogP contribution is 2.38. The Labute approximate surface area is 206 Å². The molecular weight excluding hydrogens is 436 g/mol. The molecular formula is C28H32N6O. The molecule has 1 saturated heterocycles. The lowest BCUT2D eigenvalue weighted by atomic mass is 9.94. The SMILES string of the molecule is CC(=O)N1CCc2c(c(-c3cccc4cc(N5CCC(C#N)C5)ncc34)nn2C2CCCCC2)C1. The van der Waals surface area contributed by atoms with Crippen molar-refractivity contribution in [1.82, 2.24) is 19.7 Å². The quantitative estimate of drug-likeness (QED) is 0.549. The predicted octanol–water partition coefficient (Wildman–Crippen LogP) is 4.86. The largest absolute Gasteiger partial charge is 0.355 e.